The van der Waals surface area contributed by atoms with Gasteiger partial charge in [0.1, 0.15) is 6.33 Å². The van der Waals surface area contributed by atoms with Gasteiger partial charge in [0.2, 0.25) is 11.6 Å². The van der Waals surface area contributed by atoms with Gasteiger partial charge in [-0.3, -0.25) is 10.1 Å². The molecule has 1 fully saturated rings. The van der Waals surface area contributed by atoms with Gasteiger partial charge in [-0.1, -0.05) is 0 Å². The molecule has 0 aliphatic carbocycles. The number of nitrogens with one attached hydrogen (secondary N) is 2. The van der Waals surface area contributed by atoms with E-state index in [1.54, 1.807) is 0 Å². The molecular weight excluding hydrogens is 286 g/mol. The van der Waals surface area contributed by atoms with Crippen LogP contribution in [0.15, 0.2) is 6.33 Å². The summed E-state index contributed by atoms with van der Waals surface area (Å²) in [7, 11) is -1.43. The fourth-order valence-electron chi connectivity index (χ4n) is 2.14. The van der Waals surface area contributed by atoms with Gasteiger partial charge in [0.15, 0.2) is 9.84 Å². The van der Waals surface area contributed by atoms with Crippen LogP contribution in [-0.4, -0.2) is 48.4 Å². The number of hydrogen-bond donors (Lipinski definition) is 2. The highest BCUT2D eigenvalue weighted by molar-refractivity contribution is 7.91. The highest BCUT2D eigenvalue weighted by Gasteiger charge is 2.29. The van der Waals surface area contributed by atoms with Crippen LogP contribution in [0.3, 0.4) is 0 Å². The summed E-state index contributed by atoms with van der Waals surface area (Å²) in [5.74, 6) is 0.447. The molecule has 10 heteroatoms. The molecule has 1 aliphatic rings. The molecule has 0 bridgehead atoms. The van der Waals surface area contributed by atoms with Crippen molar-refractivity contribution in [3.05, 3.63) is 16.4 Å². The number of sulfone groups is 1. The SMILES string of the molecule is CNc1ncnc(NCC2CCS(=O)(=O)C2)c1[N+](=O)[O-]. The first-order valence-corrected chi connectivity index (χ1v) is 7.86. The Hall–Kier alpha value is -1.97. The molecule has 0 amide bonds. The second-order valence-corrected chi connectivity index (χ2v) is 6.81. The minimum absolute atomic E-state index is 0.0485. The molecule has 0 saturated carbocycles. The minimum Gasteiger partial charge on any atom is -0.367 e. The normalized spacial score (nSPS) is 20.6. The molecule has 1 aromatic heterocycles. The molecule has 1 aliphatic heterocycles. The lowest BCUT2D eigenvalue weighted by molar-refractivity contribution is -0.383. The van der Waals surface area contributed by atoms with Crippen molar-refractivity contribution in [2.24, 2.45) is 5.92 Å². The Labute approximate surface area is 115 Å². The predicted molar refractivity (Wildman–Crippen MR) is 73.5 cm³/mol. The predicted octanol–water partition coefficient (Wildman–Crippen LogP) is 0.273. The number of nitrogens with zero attached hydrogens (tertiary/aromatic N) is 3. The standard InChI is InChI=1S/C10H15N5O4S/c1-11-9-8(15(16)17)10(14-6-13-9)12-4-7-2-3-20(18,19)5-7/h6-7H,2-5H2,1H3,(H2,11,12,13,14). The van der Waals surface area contributed by atoms with Crippen LogP contribution in [-0.2, 0) is 9.84 Å². The van der Waals surface area contributed by atoms with Gasteiger partial charge in [0.05, 0.1) is 16.4 Å². The first kappa shape index (κ1) is 14.4. The monoisotopic (exact) mass is 301 g/mol. The molecular formula is C10H15N5O4S. The molecule has 2 rings (SSSR count). The first-order chi connectivity index (χ1) is 9.43. The van der Waals surface area contributed by atoms with E-state index in [1.807, 2.05) is 0 Å². The van der Waals surface area contributed by atoms with Crippen molar-refractivity contribution in [2.45, 2.75) is 6.42 Å². The maximum Gasteiger partial charge on any atom is 0.353 e. The lowest BCUT2D eigenvalue weighted by Crippen LogP contribution is -2.17. The smallest absolute Gasteiger partial charge is 0.353 e. The van der Waals surface area contributed by atoms with E-state index < -0.39 is 14.8 Å². The van der Waals surface area contributed by atoms with Gasteiger partial charge in [0, 0.05) is 13.6 Å². The highest BCUT2D eigenvalue weighted by Crippen LogP contribution is 2.29. The summed E-state index contributed by atoms with van der Waals surface area (Å²) >= 11 is 0. The van der Waals surface area contributed by atoms with Gasteiger partial charge in [-0.05, 0) is 12.3 Å². The minimum atomic E-state index is -2.96. The van der Waals surface area contributed by atoms with E-state index in [2.05, 4.69) is 20.6 Å². The first-order valence-electron chi connectivity index (χ1n) is 6.04. The fraction of sp³-hybridized carbons (Fsp3) is 0.600. The third-order valence-corrected chi connectivity index (χ3v) is 4.96. The molecule has 20 heavy (non-hydrogen) atoms. The zero-order valence-corrected chi connectivity index (χ0v) is 11.7. The molecule has 9 nitrogen and oxygen atoms in total. The summed E-state index contributed by atoms with van der Waals surface area (Å²) in [6.07, 6.45) is 1.78. The van der Waals surface area contributed by atoms with E-state index >= 15 is 0 Å². The summed E-state index contributed by atoms with van der Waals surface area (Å²) in [6.45, 7) is 0.334. The zero-order valence-electron chi connectivity index (χ0n) is 10.9. The Balaban J connectivity index is 2.12. The van der Waals surface area contributed by atoms with Gasteiger partial charge in [-0.25, -0.2) is 18.4 Å². The van der Waals surface area contributed by atoms with Crippen LogP contribution < -0.4 is 10.6 Å². The Bertz CT molecular complexity index is 618. The van der Waals surface area contributed by atoms with E-state index in [-0.39, 0.29) is 34.7 Å². The summed E-state index contributed by atoms with van der Waals surface area (Å²) in [5.41, 5.74) is -0.240. The molecule has 2 heterocycles. The van der Waals surface area contributed by atoms with E-state index in [0.717, 1.165) is 0 Å². The maximum atomic E-state index is 11.4. The quantitative estimate of drug-likeness (QED) is 0.586. The van der Waals surface area contributed by atoms with Gasteiger partial charge in [0.25, 0.3) is 0 Å². The number of rotatable bonds is 5. The van der Waals surface area contributed by atoms with Crippen molar-refractivity contribution >= 4 is 27.2 Å². The van der Waals surface area contributed by atoms with Crippen LogP contribution in [0.5, 0.6) is 0 Å². The van der Waals surface area contributed by atoms with E-state index in [9.17, 15) is 18.5 Å². The largest absolute Gasteiger partial charge is 0.367 e. The van der Waals surface area contributed by atoms with Crippen LogP contribution in [0.1, 0.15) is 6.42 Å². The molecule has 1 aromatic rings. The topological polar surface area (TPSA) is 127 Å². The molecule has 1 unspecified atom stereocenters. The van der Waals surface area contributed by atoms with Crippen molar-refractivity contribution in [1.29, 1.82) is 0 Å². The lowest BCUT2D eigenvalue weighted by Gasteiger charge is -2.11. The number of aromatic nitrogens is 2. The summed E-state index contributed by atoms with van der Waals surface area (Å²) in [5, 5.41) is 16.5. The third kappa shape index (κ3) is 3.13. The second kappa shape index (κ2) is 5.57. The van der Waals surface area contributed by atoms with Gasteiger partial charge in [-0.2, -0.15) is 0 Å². The van der Waals surface area contributed by atoms with E-state index in [4.69, 9.17) is 0 Å². The van der Waals surface area contributed by atoms with Crippen molar-refractivity contribution < 1.29 is 13.3 Å². The Kier molecular flexibility index (Phi) is 4.02. The van der Waals surface area contributed by atoms with Crippen molar-refractivity contribution in [3.63, 3.8) is 0 Å². The maximum absolute atomic E-state index is 11.4. The third-order valence-electron chi connectivity index (χ3n) is 3.13. The van der Waals surface area contributed by atoms with Crippen LogP contribution in [0.25, 0.3) is 0 Å². The average molecular weight is 301 g/mol. The van der Waals surface area contributed by atoms with E-state index in [0.29, 0.717) is 13.0 Å². The average Bonchev–Trinajstić information content (AvgIpc) is 2.75. The van der Waals surface area contributed by atoms with Crippen molar-refractivity contribution in [2.75, 3.05) is 35.7 Å². The van der Waals surface area contributed by atoms with Crippen LogP contribution >= 0.6 is 0 Å². The van der Waals surface area contributed by atoms with Gasteiger partial charge >= 0.3 is 5.69 Å². The molecule has 2 N–H and O–H groups in total. The van der Waals surface area contributed by atoms with Crippen LogP contribution in [0.4, 0.5) is 17.3 Å². The summed E-state index contributed by atoms with van der Waals surface area (Å²) in [6, 6.07) is 0. The molecule has 1 saturated heterocycles. The Morgan fingerprint density at radius 1 is 1.45 bits per heavy atom. The van der Waals surface area contributed by atoms with Crippen LogP contribution in [0, 0.1) is 16.0 Å². The molecule has 0 spiro atoms. The van der Waals surface area contributed by atoms with E-state index in [1.165, 1.54) is 13.4 Å². The lowest BCUT2D eigenvalue weighted by atomic mass is 10.1. The second-order valence-electron chi connectivity index (χ2n) is 4.58. The fourth-order valence-corrected chi connectivity index (χ4v) is 4.00. The van der Waals surface area contributed by atoms with Crippen molar-refractivity contribution in [3.8, 4) is 0 Å². The van der Waals surface area contributed by atoms with Crippen LogP contribution in [0.2, 0.25) is 0 Å². The molecule has 1 atom stereocenters. The van der Waals surface area contributed by atoms with Gasteiger partial charge in [-0.15, -0.1) is 0 Å². The van der Waals surface area contributed by atoms with Crippen molar-refractivity contribution in [1.82, 2.24) is 9.97 Å². The Morgan fingerprint density at radius 3 is 2.70 bits per heavy atom. The summed E-state index contributed by atoms with van der Waals surface area (Å²) < 4.78 is 22.7. The molecule has 0 radical (unpaired) electrons. The number of anilines is 2. The Morgan fingerprint density at radius 2 is 2.15 bits per heavy atom. The molecule has 110 valence electrons. The number of nitro groups is 1. The van der Waals surface area contributed by atoms with Gasteiger partial charge < -0.3 is 10.6 Å². The molecule has 0 aromatic carbocycles. The highest BCUT2D eigenvalue weighted by atomic mass is 32.2. The number of hydrogen-bond acceptors (Lipinski definition) is 8. The summed E-state index contributed by atoms with van der Waals surface area (Å²) in [4.78, 5) is 18.1. The zero-order chi connectivity index (χ0) is 14.8.